The number of aryl methyl sites for hydroxylation is 1. The number of esters is 1. The molecule has 0 aromatic heterocycles. The van der Waals surface area contributed by atoms with Gasteiger partial charge in [-0.1, -0.05) is 24.3 Å². The summed E-state index contributed by atoms with van der Waals surface area (Å²) in [4.78, 5) is 12.0. The van der Waals surface area contributed by atoms with Crippen molar-refractivity contribution in [2.24, 2.45) is 0 Å². The van der Waals surface area contributed by atoms with Crippen LogP contribution in [0.2, 0.25) is 0 Å². The molecular weight excluding hydrogens is 252 g/mol. The second kappa shape index (κ2) is 5.89. The SMILES string of the molecule is Cc1cccc(C(=O)OCc2ccc(C#N)cc2)c1N. The Morgan fingerprint density at radius 2 is 1.95 bits per heavy atom. The molecule has 4 nitrogen and oxygen atoms in total. The number of hydrogen-bond acceptors (Lipinski definition) is 4. The lowest BCUT2D eigenvalue weighted by Gasteiger charge is -2.08. The van der Waals surface area contributed by atoms with Gasteiger partial charge in [0.25, 0.3) is 0 Å². The zero-order chi connectivity index (χ0) is 14.5. The van der Waals surface area contributed by atoms with Crippen LogP contribution in [0.3, 0.4) is 0 Å². The van der Waals surface area contributed by atoms with E-state index in [0.717, 1.165) is 11.1 Å². The average molecular weight is 266 g/mol. The van der Waals surface area contributed by atoms with Crippen LogP contribution >= 0.6 is 0 Å². The highest BCUT2D eigenvalue weighted by Crippen LogP contribution is 2.18. The molecule has 0 saturated heterocycles. The highest BCUT2D eigenvalue weighted by atomic mass is 16.5. The van der Waals surface area contributed by atoms with Gasteiger partial charge in [0, 0.05) is 5.69 Å². The van der Waals surface area contributed by atoms with Crippen LogP contribution in [0.5, 0.6) is 0 Å². The number of para-hydroxylation sites is 1. The number of benzene rings is 2. The Hall–Kier alpha value is -2.80. The van der Waals surface area contributed by atoms with E-state index in [0.29, 0.717) is 16.8 Å². The first kappa shape index (κ1) is 13.6. The summed E-state index contributed by atoms with van der Waals surface area (Å²) >= 11 is 0. The van der Waals surface area contributed by atoms with Crippen molar-refractivity contribution < 1.29 is 9.53 Å². The third-order valence-corrected chi connectivity index (χ3v) is 3.00. The van der Waals surface area contributed by atoms with Crippen molar-refractivity contribution in [3.63, 3.8) is 0 Å². The number of nitriles is 1. The summed E-state index contributed by atoms with van der Waals surface area (Å²) in [5, 5.41) is 8.70. The fraction of sp³-hybridized carbons (Fsp3) is 0.125. The molecule has 2 N–H and O–H groups in total. The Kier molecular flexibility index (Phi) is 4.02. The van der Waals surface area contributed by atoms with E-state index in [1.807, 2.05) is 19.1 Å². The first-order valence-corrected chi connectivity index (χ1v) is 6.13. The Balaban J connectivity index is 2.05. The molecule has 0 bridgehead atoms. The maximum atomic E-state index is 12.0. The zero-order valence-corrected chi connectivity index (χ0v) is 11.1. The van der Waals surface area contributed by atoms with Gasteiger partial charge in [-0.15, -0.1) is 0 Å². The highest BCUT2D eigenvalue weighted by molar-refractivity contribution is 5.95. The second-order valence-corrected chi connectivity index (χ2v) is 4.42. The van der Waals surface area contributed by atoms with Gasteiger partial charge in [-0.05, 0) is 36.2 Å². The summed E-state index contributed by atoms with van der Waals surface area (Å²) in [5.41, 5.74) is 8.91. The summed E-state index contributed by atoms with van der Waals surface area (Å²) in [6.45, 7) is 1.99. The maximum absolute atomic E-state index is 12.0. The monoisotopic (exact) mass is 266 g/mol. The van der Waals surface area contributed by atoms with Crippen molar-refractivity contribution in [2.75, 3.05) is 5.73 Å². The van der Waals surface area contributed by atoms with E-state index >= 15 is 0 Å². The van der Waals surface area contributed by atoms with Crippen LogP contribution in [0, 0.1) is 18.3 Å². The number of nitrogens with two attached hydrogens (primary N) is 1. The maximum Gasteiger partial charge on any atom is 0.340 e. The average Bonchev–Trinajstić information content (AvgIpc) is 2.48. The summed E-state index contributed by atoms with van der Waals surface area (Å²) in [6, 6.07) is 14.2. The third kappa shape index (κ3) is 2.96. The number of carbonyl (C=O) groups excluding carboxylic acids is 1. The third-order valence-electron chi connectivity index (χ3n) is 3.00. The van der Waals surface area contributed by atoms with Crippen LogP contribution in [0.25, 0.3) is 0 Å². The number of nitrogens with zero attached hydrogens (tertiary/aromatic N) is 1. The molecule has 2 aromatic rings. The Morgan fingerprint density at radius 1 is 1.25 bits per heavy atom. The lowest BCUT2D eigenvalue weighted by atomic mass is 10.1. The summed E-state index contributed by atoms with van der Waals surface area (Å²) in [7, 11) is 0. The summed E-state index contributed by atoms with van der Waals surface area (Å²) in [6.07, 6.45) is 0. The number of carbonyl (C=O) groups is 1. The minimum atomic E-state index is -0.449. The molecule has 100 valence electrons. The standard InChI is InChI=1S/C16H14N2O2/c1-11-3-2-4-14(15(11)18)16(19)20-10-13-7-5-12(9-17)6-8-13/h2-8H,10,18H2,1H3. The van der Waals surface area contributed by atoms with Crippen molar-refractivity contribution in [3.8, 4) is 6.07 Å². The molecule has 0 saturated carbocycles. The molecule has 0 aliphatic carbocycles. The van der Waals surface area contributed by atoms with Crippen LogP contribution in [-0.4, -0.2) is 5.97 Å². The Morgan fingerprint density at radius 3 is 2.60 bits per heavy atom. The van der Waals surface area contributed by atoms with Gasteiger partial charge in [0.2, 0.25) is 0 Å². The normalized spacial score (nSPS) is 9.80. The van der Waals surface area contributed by atoms with E-state index in [-0.39, 0.29) is 6.61 Å². The number of nitrogen functional groups attached to an aromatic ring is 1. The van der Waals surface area contributed by atoms with E-state index in [2.05, 4.69) is 0 Å². The van der Waals surface area contributed by atoms with Crippen molar-refractivity contribution >= 4 is 11.7 Å². The van der Waals surface area contributed by atoms with E-state index in [9.17, 15) is 4.79 Å². The van der Waals surface area contributed by atoms with Crippen molar-refractivity contribution in [1.82, 2.24) is 0 Å². The Bertz CT molecular complexity index is 670. The van der Waals surface area contributed by atoms with Crippen molar-refractivity contribution in [1.29, 1.82) is 5.26 Å². The lowest BCUT2D eigenvalue weighted by molar-refractivity contribution is 0.0474. The molecule has 0 atom stereocenters. The van der Waals surface area contributed by atoms with Gasteiger partial charge in [-0.25, -0.2) is 4.79 Å². The van der Waals surface area contributed by atoms with Crippen LogP contribution in [0.15, 0.2) is 42.5 Å². The number of hydrogen-bond donors (Lipinski definition) is 1. The predicted octanol–water partition coefficient (Wildman–Crippen LogP) is 2.81. The van der Waals surface area contributed by atoms with Crippen LogP contribution in [0.4, 0.5) is 5.69 Å². The van der Waals surface area contributed by atoms with Crippen molar-refractivity contribution in [3.05, 3.63) is 64.7 Å². The molecule has 0 amide bonds. The highest BCUT2D eigenvalue weighted by Gasteiger charge is 2.12. The second-order valence-electron chi connectivity index (χ2n) is 4.42. The van der Waals surface area contributed by atoms with Gasteiger partial charge in [0.05, 0.1) is 17.2 Å². The largest absolute Gasteiger partial charge is 0.457 e. The molecule has 0 radical (unpaired) electrons. The molecule has 0 spiro atoms. The number of ether oxygens (including phenoxy) is 1. The minimum absolute atomic E-state index is 0.151. The topological polar surface area (TPSA) is 76.1 Å². The molecule has 20 heavy (non-hydrogen) atoms. The number of anilines is 1. The van der Waals surface area contributed by atoms with E-state index in [1.54, 1.807) is 36.4 Å². The summed E-state index contributed by atoms with van der Waals surface area (Å²) < 4.78 is 5.22. The number of rotatable bonds is 3. The molecule has 0 aliphatic heterocycles. The molecule has 0 fully saturated rings. The van der Waals surface area contributed by atoms with Gasteiger partial charge in [-0.3, -0.25) is 0 Å². The van der Waals surface area contributed by atoms with Gasteiger partial charge in [0.1, 0.15) is 6.61 Å². The van der Waals surface area contributed by atoms with Gasteiger partial charge < -0.3 is 10.5 Å². The summed E-state index contributed by atoms with van der Waals surface area (Å²) in [5.74, 6) is -0.449. The fourth-order valence-corrected chi connectivity index (χ4v) is 1.76. The minimum Gasteiger partial charge on any atom is -0.457 e. The fourth-order valence-electron chi connectivity index (χ4n) is 1.76. The molecule has 2 aromatic carbocycles. The van der Waals surface area contributed by atoms with Gasteiger partial charge in [-0.2, -0.15) is 5.26 Å². The van der Waals surface area contributed by atoms with Gasteiger partial charge in [0.15, 0.2) is 0 Å². The molecule has 0 aliphatic rings. The van der Waals surface area contributed by atoms with E-state index in [4.69, 9.17) is 15.7 Å². The van der Waals surface area contributed by atoms with E-state index < -0.39 is 5.97 Å². The molecular formula is C16H14N2O2. The molecule has 0 unspecified atom stereocenters. The van der Waals surface area contributed by atoms with E-state index in [1.165, 1.54) is 0 Å². The smallest absolute Gasteiger partial charge is 0.340 e. The quantitative estimate of drug-likeness (QED) is 0.684. The van der Waals surface area contributed by atoms with Crippen LogP contribution in [0.1, 0.15) is 27.0 Å². The van der Waals surface area contributed by atoms with Crippen LogP contribution < -0.4 is 5.73 Å². The lowest BCUT2D eigenvalue weighted by Crippen LogP contribution is -2.09. The van der Waals surface area contributed by atoms with Crippen molar-refractivity contribution in [2.45, 2.75) is 13.5 Å². The first-order chi connectivity index (χ1) is 9.61. The zero-order valence-electron chi connectivity index (χ0n) is 11.1. The molecule has 4 heteroatoms. The van der Waals surface area contributed by atoms with Gasteiger partial charge >= 0.3 is 5.97 Å². The molecule has 0 heterocycles. The molecule has 2 rings (SSSR count). The predicted molar refractivity (Wildman–Crippen MR) is 75.9 cm³/mol. The first-order valence-electron chi connectivity index (χ1n) is 6.13. The van der Waals surface area contributed by atoms with Crippen LogP contribution in [-0.2, 0) is 11.3 Å². The Labute approximate surface area is 117 Å².